The van der Waals surface area contributed by atoms with Crippen molar-refractivity contribution >= 4 is 36.9 Å². The van der Waals surface area contributed by atoms with Gasteiger partial charge in [0, 0.05) is 36.1 Å². The number of nitrogens with two attached hydrogens (primary N) is 2. The van der Waals surface area contributed by atoms with Crippen molar-refractivity contribution < 1.29 is 0 Å². The molecule has 0 amide bonds. The number of nitrogens with one attached hydrogen (secondary N) is 1. The molecule has 1 fully saturated rings. The van der Waals surface area contributed by atoms with Gasteiger partial charge in [-0.05, 0) is 56.0 Å². The Morgan fingerprint density at radius 3 is 2.62 bits per heavy atom. The Morgan fingerprint density at radius 1 is 1.28 bits per heavy atom. The van der Waals surface area contributed by atoms with E-state index in [0.717, 1.165) is 47.4 Å². The number of nitrogens with zero attached hydrogens (tertiary/aromatic N) is 4. The van der Waals surface area contributed by atoms with Crippen molar-refractivity contribution in [1.29, 1.82) is 0 Å². The van der Waals surface area contributed by atoms with E-state index in [4.69, 9.17) is 19.3 Å². The van der Waals surface area contributed by atoms with Crippen LogP contribution in [-0.2, 0) is 13.0 Å². The van der Waals surface area contributed by atoms with Crippen LogP contribution in [0.2, 0.25) is 0 Å². The SMILES string of the molecule is C=Nc1cnc(C)cc1CC.[B]c1cc2c(NC3CCC(N)C3(C)C)c(CN)cnn2c1. The molecular weight excluding hydrogens is 397 g/mol. The Bertz CT molecular complexity index is 1090. The van der Waals surface area contributed by atoms with Crippen LogP contribution in [0.3, 0.4) is 0 Å². The zero-order chi connectivity index (χ0) is 23.5. The van der Waals surface area contributed by atoms with Gasteiger partial charge in [-0.15, -0.1) is 0 Å². The molecule has 3 aromatic heterocycles. The summed E-state index contributed by atoms with van der Waals surface area (Å²) >= 11 is 0. The van der Waals surface area contributed by atoms with E-state index in [1.165, 1.54) is 5.56 Å². The van der Waals surface area contributed by atoms with E-state index in [1.807, 2.05) is 25.3 Å². The van der Waals surface area contributed by atoms with Crippen LogP contribution in [0.4, 0.5) is 11.4 Å². The lowest BCUT2D eigenvalue weighted by Crippen LogP contribution is -2.42. The van der Waals surface area contributed by atoms with Crippen LogP contribution in [0.5, 0.6) is 0 Å². The largest absolute Gasteiger partial charge is 0.380 e. The quantitative estimate of drug-likeness (QED) is 0.426. The van der Waals surface area contributed by atoms with Crippen LogP contribution in [0, 0.1) is 12.3 Å². The van der Waals surface area contributed by atoms with Crippen molar-refractivity contribution in [1.82, 2.24) is 14.6 Å². The maximum atomic E-state index is 6.24. The number of aliphatic imine (C=N–C) groups is 1. The van der Waals surface area contributed by atoms with E-state index in [9.17, 15) is 0 Å². The van der Waals surface area contributed by atoms with Crippen molar-refractivity contribution in [3.63, 3.8) is 0 Å². The van der Waals surface area contributed by atoms with Gasteiger partial charge in [0.1, 0.15) is 7.85 Å². The van der Waals surface area contributed by atoms with Crippen molar-refractivity contribution in [3.8, 4) is 0 Å². The van der Waals surface area contributed by atoms with Crippen LogP contribution in [-0.4, -0.2) is 41.2 Å². The van der Waals surface area contributed by atoms with E-state index in [-0.39, 0.29) is 11.5 Å². The number of rotatable bonds is 5. The number of pyridine rings is 1. The van der Waals surface area contributed by atoms with Crippen LogP contribution >= 0.6 is 0 Å². The normalized spacial score (nSPS) is 19.4. The summed E-state index contributed by atoms with van der Waals surface area (Å²) in [5, 5.41) is 8.01. The summed E-state index contributed by atoms with van der Waals surface area (Å²) in [6, 6.07) is 4.51. The number of hydrogen-bond acceptors (Lipinski definition) is 6. The summed E-state index contributed by atoms with van der Waals surface area (Å²) in [5.74, 6) is 0. The van der Waals surface area contributed by atoms with Crippen LogP contribution in [0.25, 0.3) is 5.52 Å². The molecule has 3 aromatic rings. The Hall–Kier alpha value is -2.71. The fraction of sp³-hybridized carbons (Fsp3) is 0.458. The highest BCUT2D eigenvalue weighted by molar-refractivity contribution is 6.33. The highest BCUT2D eigenvalue weighted by Gasteiger charge is 2.41. The fourth-order valence-corrected chi connectivity index (χ4v) is 4.25. The first kappa shape index (κ1) is 23.9. The summed E-state index contributed by atoms with van der Waals surface area (Å²) in [6.45, 7) is 12.4. The van der Waals surface area contributed by atoms with E-state index in [2.05, 4.69) is 47.9 Å². The molecular formula is C24H34BN7. The van der Waals surface area contributed by atoms with Gasteiger partial charge in [0.2, 0.25) is 0 Å². The highest BCUT2D eigenvalue weighted by atomic mass is 15.2. The highest BCUT2D eigenvalue weighted by Crippen LogP contribution is 2.39. The van der Waals surface area contributed by atoms with Crippen molar-refractivity contribution in [3.05, 3.63) is 47.5 Å². The minimum absolute atomic E-state index is 0.0459. The molecule has 1 aliphatic rings. The monoisotopic (exact) mass is 431 g/mol. The Balaban J connectivity index is 0.000000222. The van der Waals surface area contributed by atoms with Crippen LogP contribution < -0.4 is 22.2 Å². The maximum absolute atomic E-state index is 6.24. The lowest BCUT2D eigenvalue weighted by Gasteiger charge is -2.32. The second kappa shape index (κ2) is 9.84. The smallest absolute Gasteiger partial charge is 0.116 e. The van der Waals surface area contributed by atoms with Gasteiger partial charge in [-0.3, -0.25) is 9.98 Å². The number of hydrogen-bond donors (Lipinski definition) is 3. The molecule has 0 spiro atoms. The van der Waals surface area contributed by atoms with Gasteiger partial charge in [-0.2, -0.15) is 5.10 Å². The van der Waals surface area contributed by atoms with E-state index >= 15 is 0 Å². The van der Waals surface area contributed by atoms with E-state index < -0.39 is 0 Å². The lowest BCUT2D eigenvalue weighted by molar-refractivity contribution is 0.308. The van der Waals surface area contributed by atoms with Crippen LogP contribution in [0.15, 0.2) is 35.7 Å². The second-order valence-electron chi connectivity index (χ2n) is 9.02. The molecule has 8 heteroatoms. The Kier molecular flexibility index (Phi) is 7.36. The minimum Gasteiger partial charge on any atom is -0.380 e. The summed E-state index contributed by atoms with van der Waals surface area (Å²) in [6.07, 6.45) is 8.46. The molecule has 2 unspecified atom stereocenters. The molecule has 5 N–H and O–H groups in total. The maximum Gasteiger partial charge on any atom is 0.116 e. The van der Waals surface area contributed by atoms with Crippen molar-refractivity contribution in [2.75, 3.05) is 5.32 Å². The molecule has 0 bridgehead atoms. The zero-order valence-corrected chi connectivity index (χ0v) is 19.6. The van der Waals surface area contributed by atoms with Crippen molar-refractivity contribution in [2.24, 2.45) is 21.9 Å². The number of anilines is 1. The van der Waals surface area contributed by atoms with E-state index in [1.54, 1.807) is 16.9 Å². The summed E-state index contributed by atoms with van der Waals surface area (Å²) < 4.78 is 1.79. The molecule has 2 radical (unpaired) electrons. The van der Waals surface area contributed by atoms with Gasteiger partial charge in [0.25, 0.3) is 0 Å². The molecule has 7 nitrogen and oxygen atoms in total. The van der Waals surface area contributed by atoms with E-state index in [0.29, 0.717) is 18.0 Å². The van der Waals surface area contributed by atoms with Crippen LogP contribution in [0.1, 0.15) is 50.4 Å². The molecule has 0 saturated heterocycles. The molecule has 3 heterocycles. The predicted octanol–water partition coefficient (Wildman–Crippen LogP) is 2.80. The zero-order valence-electron chi connectivity index (χ0n) is 19.6. The number of aryl methyl sites for hydroxylation is 2. The van der Waals surface area contributed by atoms with Gasteiger partial charge < -0.3 is 16.8 Å². The number of aromatic nitrogens is 3. The third kappa shape index (κ3) is 4.86. The van der Waals surface area contributed by atoms with Gasteiger partial charge >= 0.3 is 0 Å². The molecule has 4 rings (SSSR count). The van der Waals surface area contributed by atoms with Gasteiger partial charge in [-0.1, -0.05) is 26.2 Å². The topological polar surface area (TPSA) is 107 Å². The van der Waals surface area contributed by atoms with Crippen molar-refractivity contribution in [2.45, 2.75) is 65.6 Å². The third-order valence-corrected chi connectivity index (χ3v) is 6.55. The molecule has 168 valence electrons. The first-order chi connectivity index (χ1) is 15.2. The standard InChI is InChI=1S/C15H22BN5.C9H12N2/c1-15(2)12(18)3-4-13(15)20-14-9(6-17)7-19-21-8-10(16)5-11(14)21;1-4-8-5-7(2)11-6-9(8)10-3/h5,7-8,12-13,20H,3-4,6,17-18H2,1-2H3;5-6H,3-4H2,1-2H3. The number of fused-ring (bicyclic) bond motifs is 1. The molecule has 0 aliphatic heterocycles. The Morgan fingerprint density at radius 2 is 2.03 bits per heavy atom. The summed E-state index contributed by atoms with van der Waals surface area (Å²) in [7, 11) is 5.89. The van der Waals surface area contributed by atoms with Gasteiger partial charge in [-0.25, -0.2) is 4.52 Å². The molecule has 1 aliphatic carbocycles. The average molecular weight is 431 g/mol. The first-order valence-electron chi connectivity index (χ1n) is 11.1. The first-order valence-corrected chi connectivity index (χ1v) is 11.1. The molecule has 2 atom stereocenters. The Labute approximate surface area is 192 Å². The van der Waals surface area contributed by atoms with Gasteiger partial charge in [0.05, 0.1) is 29.3 Å². The predicted molar refractivity (Wildman–Crippen MR) is 134 cm³/mol. The molecule has 0 aromatic carbocycles. The molecule has 32 heavy (non-hydrogen) atoms. The summed E-state index contributed by atoms with van der Waals surface area (Å²) in [5.41, 5.74) is 19.0. The van der Waals surface area contributed by atoms with Gasteiger partial charge in [0.15, 0.2) is 0 Å². The third-order valence-electron chi connectivity index (χ3n) is 6.55. The average Bonchev–Trinajstić information content (AvgIpc) is 3.27. The second-order valence-corrected chi connectivity index (χ2v) is 9.02. The fourth-order valence-electron chi connectivity index (χ4n) is 4.25. The minimum atomic E-state index is 0.0459. The lowest BCUT2D eigenvalue weighted by atomic mass is 9.84. The summed E-state index contributed by atoms with van der Waals surface area (Å²) in [4.78, 5) is 7.99. The molecule has 1 saturated carbocycles.